The molecular weight excluding hydrogens is 220 g/mol. The summed E-state index contributed by atoms with van der Waals surface area (Å²) in [6, 6.07) is 7.45. The smallest absolute Gasteiger partial charge is 0.123 e. The minimum absolute atomic E-state index is 0.616. The van der Waals surface area contributed by atoms with Crippen LogP contribution in [-0.4, -0.2) is 4.98 Å². The van der Waals surface area contributed by atoms with Gasteiger partial charge in [0.25, 0.3) is 0 Å². The Balaban J connectivity index is 2.47. The van der Waals surface area contributed by atoms with Crippen molar-refractivity contribution >= 4 is 17.0 Å². The minimum Gasteiger partial charge on any atom is -0.241 e. The van der Waals surface area contributed by atoms with Crippen LogP contribution in [0.4, 0.5) is 5.69 Å². The first-order chi connectivity index (χ1) is 7.70. The monoisotopic (exact) mass is 230 g/mol. The highest BCUT2D eigenvalue weighted by Crippen LogP contribution is 2.29. The van der Waals surface area contributed by atoms with E-state index in [9.17, 15) is 0 Å². The Labute approximate surface area is 97.2 Å². The second-order valence-electron chi connectivity index (χ2n) is 3.40. The Hall–Kier alpha value is -1.84. The summed E-state index contributed by atoms with van der Waals surface area (Å²) >= 11 is 1.65. The molecule has 1 aromatic carbocycles. The molecule has 16 heavy (non-hydrogen) atoms. The van der Waals surface area contributed by atoms with Crippen molar-refractivity contribution in [3.63, 3.8) is 0 Å². The van der Waals surface area contributed by atoms with E-state index in [0.717, 1.165) is 16.3 Å². The van der Waals surface area contributed by atoms with Crippen LogP contribution in [0, 0.1) is 13.8 Å². The maximum atomic E-state index is 8.37. The van der Waals surface area contributed by atoms with Gasteiger partial charge >= 0.3 is 0 Å². The third kappa shape index (κ3) is 2.05. The van der Waals surface area contributed by atoms with Gasteiger partial charge < -0.3 is 0 Å². The predicted octanol–water partition coefficient (Wildman–Crippen LogP) is 4.37. The van der Waals surface area contributed by atoms with E-state index in [1.165, 1.54) is 4.88 Å². The fourth-order valence-electron chi connectivity index (χ4n) is 1.35. The SMILES string of the molecule is Cc1nc(-c2cccc(N=[N+]=[N-])c2)sc1C. The average molecular weight is 230 g/mol. The first-order valence-corrected chi connectivity index (χ1v) is 5.62. The van der Waals surface area contributed by atoms with Gasteiger partial charge in [0.2, 0.25) is 0 Å². The van der Waals surface area contributed by atoms with Crippen LogP contribution in [-0.2, 0) is 0 Å². The number of rotatable bonds is 2. The molecule has 0 bridgehead atoms. The first-order valence-electron chi connectivity index (χ1n) is 4.80. The lowest BCUT2D eigenvalue weighted by atomic mass is 10.2. The van der Waals surface area contributed by atoms with Gasteiger partial charge in [0, 0.05) is 21.0 Å². The number of azide groups is 1. The molecule has 4 nitrogen and oxygen atoms in total. The number of hydrogen-bond donors (Lipinski definition) is 0. The lowest BCUT2D eigenvalue weighted by Crippen LogP contribution is -1.76. The summed E-state index contributed by atoms with van der Waals surface area (Å²) in [4.78, 5) is 8.45. The van der Waals surface area contributed by atoms with Crippen LogP contribution in [0.2, 0.25) is 0 Å². The van der Waals surface area contributed by atoms with Crippen molar-refractivity contribution in [2.24, 2.45) is 5.11 Å². The summed E-state index contributed by atoms with van der Waals surface area (Å²) < 4.78 is 0. The van der Waals surface area contributed by atoms with Crippen molar-refractivity contribution in [3.8, 4) is 10.6 Å². The Kier molecular flexibility index (Phi) is 2.90. The number of aromatic nitrogens is 1. The maximum Gasteiger partial charge on any atom is 0.123 e. The standard InChI is InChI=1S/C11H10N4S/c1-7-8(2)16-11(13-7)9-4-3-5-10(6-9)14-15-12/h3-6H,1-2H3. The zero-order chi connectivity index (χ0) is 11.5. The molecule has 80 valence electrons. The molecule has 0 N–H and O–H groups in total. The second kappa shape index (κ2) is 4.35. The van der Waals surface area contributed by atoms with Gasteiger partial charge in [-0.3, -0.25) is 0 Å². The molecule has 2 aromatic rings. The molecule has 0 saturated heterocycles. The van der Waals surface area contributed by atoms with Crippen molar-refractivity contribution < 1.29 is 0 Å². The van der Waals surface area contributed by atoms with E-state index in [0.29, 0.717) is 5.69 Å². The number of benzene rings is 1. The summed E-state index contributed by atoms with van der Waals surface area (Å²) in [6.45, 7) is 4.04. The van der Waals surface area contributed by atoms with E-state index in [1.807, 2.05) is 32.0 Å². The summed E-state index contributed by atoms with van der Waals surface area (Å²) in [6.07, 6.45) is 0. The second-order valence-corrected chi connectivity index (χ2v) is 4.60. The van der Waals surface area contributed by atoms with Gasteiger partial charge in [0.1, 0.15) is 5.01 Å². The normalized spacial score (nSPS) is 9.88. The van der Waals surface area contributed by atoms with Gasteiger partial charge in [-0.15, -0.1) is 11.3 Å². The zero-order valence-corrected chi connectivity index (χ0v) is 9.82. The highest BCUT2D eigenvalue weighted by molar-refractivity contribution is 7.15. The molecule has 2 rings (SSSR count). The molecule has 0 spiro atoms. The fraction of sp³-hybridized carbons (Fsp3) is 0.182. The van der Waals surface area contributed by atoms with Crippen molar-refractivity contribution in [1.29, 1.82) is 0 Å². The molecule has 0 aliphatic carbocycles. The van der Waals surface area contributed by atoms with Gasteiger partial charge in [-0.2, -0.15) is 0 Å². The molecule has 0 radical (unpaired) electrons. The summed E-state index contributed by atoms with van der Waals surface area (Å²) in [5, 5.41) is 4.54. The van der Waals surface area contributed by atoms with Crippen molar-refractivity contribution in [2.75, 3.05) is 0 Å². The zero-order valence-electron chi connectivity index (χ0n) is 9.01. The third-order valence-electron chi connectivity index (χ3n) is 2.28. The topological polar surface area (TPSA) is 61.7 Å². The lowest BCUT2D eigenvalue weighted by molar-refractivity contribution is 1.23. The number of nitrogens with zero attached hydrogens (tertiary/aromatic N) is 4. The number of aryl methyl sites for hydroxylation is 2. The molecule has 0 aliphatic rings. The van der Waals surface area contributed by atoms with E-state index < -0.39 is 0 Å². The maximum absolute atomic E-state index is 8.37. The van der Waals surface area contributed by atoms with E-state index in [2.05, 4.69) is 15.0 Å². The van der Waals surface area contributed by atoms with Crippen LogP contribution >= 0.6 is 11.3 Å². The third-order valence-corrected chi connectivity index (χ3v) is 3.40. The van der Waals surface area contributed by atoms with Crippen LogP contribution in [0.3, 0.4) is 0 Å². The van der Waals surface area contributed by atoms with E-state index in [4.69, 9.17) is 5.53 Å². The molecule has 1 aromatic heterocycles. The molecule has 0 atom stereocenters. The molecule has 1 heterocycles. The van der Waals surface area contributed by atoms with Crippen LogP contribution in [0.1, 0.15) is 10.6 Å². The number of hydrogen-bond acceptors (Lipinski definition) is 3. The Bertz CT molecular complexity index is 548. The fourth-order valence-corrected chi connectivity index (χ4v) is 2.26. The van der Waals surface area contributed by atoms with Crippen LogP contribution < -0.4 is 0 Å². The average Bonchev–Trinajstić information content (AvgIpc) is 2.60. The van der Waals surface area contributed by atoms with E-state index >= 15 is 0 Å². The van der Waals surface area contributed by atoms with Gasteiger partial charge in [-0.25, -0.2) is 4.98 Å². The largest absolute Gasteiger partial charge is 0.241 e. The van der Waals surface area contributed by atoms with Crippen LogP contribution in [0.25, 0.3) is 21.0 Å². The van der Waals surface area contributed by atoms with Gasteiger partial charge in [0.05, 0.1) is 5.69 Å². The van der Waals surface area contributed by atoms with E-state index in [1.54, 1.807) is 17.4 Å². The Morgan fingerprint density at radius 1 is 1.38 bits per heavy atom. The molecule has 0 saturated carbocycles. The minimum atomic E-state index is 0.616. The highest BCUT2D eigenvalue weighted by atomic mass is 32.1. The lowest BCUT2D eigenvalue weighted by Gasteiger charge is -1.96. The highest BCUT2D eigenvalue weighted by Gasteiger charge is 2.06. The molecule has 0 unspecified atom stereocenters. The van der Waals surface area contributed by atoms with Gasteiger partial charge in [-0.1, -0.05) is 23.3 Å². The summed E-state index contributed by atoms with van der Waals surface area (Å²) in [5.74, 6) is 0. The molecule has 0 fully saturated rings. The quantitative estimate of drug-likeness (QED) is 0.429. The molecule has 5 heteroatoms. The van der Waals surface area contributed by atoms with Crippen LogP contribution in [0.15, 0.2) is 29.4 Å². The Morgan fingerprint density at radius 2 is 2.19 bits per heavy atom. The van der Waals surface area contributed by atoms with Crippen molar-refractivity contribution in [3.05, 3.63) is 45.3 Å². The van der Waals surface area contributed by atoms with Crippen molar-refractivity contribution in [1.82, 2.24) is 4.98 Å². The van der Waals surface area contributed by atoms with Gasteiger partial charge in [-0.05, 0) is 25.4 Å². The van der Waals surface area contributed by atoms with E-state index in [-0.39, 0.29) is 0 Å². The van der Waals surface area contributed by atoms with Crippen LogP contribution in [0.5, 0.6) is 0 Å². The molecular formula is C11H10N4S. The van der Waals surface area contributed by atoms with Gasteiger partial charge in [0.15, 0.2) is 0 Å². The summed E-state index contributed by atoms with van der Waals surface area (Å²) in [5.41, 5.74) is 11.0. The Morgan fingerprint density at radius 3 is 2.81 bits per heavy atom. The molecule has 0 aliphatic heterocycles. The first kappa shape index (κ1) is 10.7. The van der Waals surface area contributed by atoms with Crippen molar-refractivity contribution in [2.45, 2.75) is 13.8 Å². The molecule has 0 amide bonds. The summed E-state index contributed by atoms with van der Waals surface area (Å²) in [7, 11) is 0. The predicted molar refractivity (Wildman–Crippen MR) is 65.8 cm³/mol. The number of thiazole rings is 1.